The van der Waals surface area contributed by atoms with Crippen molar-refractivity contribution < 1.29 is 30.3 Å². The number of hydrogen-bond donors (Lipinski definition) is 1. The zero-order chi connectivity index (χ0) is 12.4. The first-order valence-electron chi connectivity index (χ1n) is 3.69. The Morgan fingerprint density at radius 1 is 1.19 bits per heavy atom. The predicted octanol–water partition coefficient (Wildman–Crippen LogP) is 2.27. The minimum atomic E-state index is -5.61. The first-order chi connectivity index (χ1) is 7.22. The second-order valence-electron chi connectivity index (χ2n) is 2.55. The second kappa shape index (κ2) is 4.52. The molecule has 1 N–H and O–H groups in total. The molecule has 0 aliphatic rings. The van der Waals surface area contributed by atoms with E-state index in [1.54, 1.807) is 0 Å². The zero-order valence-electron chi connectivity index (χ0n) is 7.43. The van der Waals surface area contributed by atoms with Crippen molar-refractivity contribution in [1.29, 1.82) is 0 Å². The Balaban J connectivity index is 2.69. The van der Waals surface area contributed by atoms with E-state index in [1.807, 2.05) is 0 Å². The SMILES string of the molecule is O=S(=O)(OSc1ccc(O)cc1)C(F)(F)F. The number of phenols is 1. The monoisotopic (exact) mass is 274 g/mol. The maximum Gasteiger partial charge on any atom is 0.524 e. The molecule has 0 heterocycles. The fraction of sp³-hybridized carbons (Fsp3) is 0.143. The van der Waals surface area contributed by atoms with Gasteiger partial charge in [-0.05, 0) is 24.3 Å². The summed E-state index contributed by atoms with van der Waals surface area (Å²) in [6.45, 7) is 0. The van der Waals surface area contributed by atoms with Gasteiger partial charge in [-0.2, -0.15) is 25.2 Å². The Kier molecular flexibility index (Phi) is 3.71. The van der Waals surface area contributed by atoms with Crippen LogP contribution in [0.3, 0.4) is 0 Å². The van der Waals surface area contributed by atoms with Crippen LogP contribution in [0.25, 0.3) is 0 Å². The van der Waals surface area contributed by atoms with Crippen molar-refractivity contribution in [2.45, 2.75) is 10.4 Å². The molecule has 1 aromatic rings. The number of benzene rings is 1. The summed E-state index contributed by atoms with van der Waals surface area (Å²) in [4.78, 5) is 0.116. The molecule has 9 heteroatoms. The van der Waals surface area contributed by atoms with Crippen LogP contribution in [-0.2, 0) is 13.7 Å². The lowest BCUT2D eigenvalue weighted by molar-refractivity contribution is -0.0494. The number of hydrogen-bond acceptors (Lipinski definition) is 5. The van der Waals surface area contributed by atoms with Crippen molar-refractivity contribution in [2.75, 3.05) is 0 Å². The molecule has 0 saturated heterocycles. The lowest BCUT2D eigenvalue weighted by atomic mass is 10.3. The van der Waals surface area contributed by atoms with E-state index in [1.165, 1.54) is 24.3 Å². The van der Waals surface area contributed by atoms with Gasteiger partial charge in [-0.1, -0.05) is 0 Å². The molecule has 0 amide bonds. The smallest absolute Gasteiger partial charge is 0.508 e. The number of phenolic OH excluding ortho intramolecular Hbond substituents is 1. The maximum absolute atomic E-state index is 11.8. The van der Waals surface area contributed by atoms with Gasteiger partial charge in [0, 0.05) is 16.9 Å². The molecule has 0 atom stereocenters. The van der Waals surface area contributed by atoms with Crippen LogP contribution in [0.5, 0.6) is 5.75 Å². The lowest BCUT2D eigenvalue weighted by Gasteiger charge is -2.06. The maximum atomic E-state index is 11.8. The first kappa shape index (κ1) is 13.1. The van der Waals surface area contributed by atoms with E-state index in [-0.39, 0.29) is 22.7 Å². The highest BCUT2D eigenvalue weighted by Gasteiger charge is 2.47. The fourth-order valence-corrected chi connectivity index (χ4v) is 1.85. The molecule has 1 rings (SSSR count). The average molecular weight is 274 g/mol. The van der Waals surface area contributed by atoms with Crippen molar-refractivity contribution in [3.8, 4) is 5.75 Å². The van der Waals surface area contributed by atoms with Crippen molar-refractivity contribution in [1.82, 2.24) is 0 Å². The van der Waals surface area contributed by atoms with Crippen LogP contribution in [0.1, 0.15) is 0 Å². The zero-order valence-corrected chi connectivity index (χ0v) is 9.06. The van der Waals surface area contributed by atoms with Gasteiger partial charge in [0.25, 0.3) is 0 Å². The molecule has 0 aliphatic carbocycles. The number of rotatable bonds is 3. The predicted molar refractivity (Wildman–Crippen MR) is 50.0 cm³/mol. The van der Waals surface area contributed by atoms with Gasteiger partial charge in [0.1, 0.15) is 5.75 Å². The van der Waals surface area contributed by atoms with E-state index in [2.05, 4.69) is 3.63 Å². The first-order valence-corrected chi connectivity index (χ1v) is 5.84. The van der Waals surface area contributed by atoms with Gasteiger partial charge in [0.15, 0.2) is 0 Å². The summed E-state index contributed by atoms with van der Waals surface area (Å²) in [7, 11) is -5.61. The molecule has 0 aliphatic heterocycles. The highest BCUT2D eigenvalue weighted by molar-refractivity contribution is 8.04. The Bertz CT molecular complexity index is 452. The van der Waals surface area contributed by atoms with Gasteiger partial charge >= 0.3 is 15.6 Å². The number of alkyl halides is 3. The third-order valence-electron chi connectivity index (χ3n) is 1.34. The van der Waals surface area contributed by atoms with Crippen molar-refractivity contribution >= 4 is 22.2 Å². The quantitative estimate of drug-likeness (QED) is 0.676. The topological polar surface area (TPSA) is 63.6 Å². The standard InChI is InChI=1S/C7H5F3O4S2/c8-7(9,10)16(12,13)14-15-6-3-1-5(11)2-4-6/h1-4,11H. The largest absolute Gasteiger partial charge is 0.524 e. The summed E-state index contributed by atoms with van der Waals surface area (Å²) >= 11 is 0.0439. The summed E-state index contributed by atoms with van der Waals surface area (Å²) in [5, 5.41) is 8.87. The van der Waals surface area contributed by atoms with Crippen molar-refractivity contribution in [3.63, 3.8) is 0 Å². The Morgan fingerprint density at radius 2 is 1.69 bits per heavy atom. The summed E-state index contributed by atoms with van der Waals surface area (Å²) in [6.07, 6.45) is 0. The molecule has 16 heavy (non-hydrogen) atoms. The Hall–Kier alpha value is -0.930. The summed E-state index contributed by atoms with van der Waals surface area (Å²) in [5.74, 6) is -0.0944. The van der Waals surface area contributed by atoms with Crippen molar-refractivity contribution in [2.24, 2.45) is 0 Å². The van der Waals surface area contributed by atoms with Crippen LogP contribution < -0.4 is 0 Å². The van der Waals surface area contributed by atoms with Crippen LogP contribution in [0, 0.1) is 0 Å². The average Bonchev–Trinajstić information content (AvgIpc) is 2.15. The lowest BCUT2D eigenvalue weighted by Crippen LogP contribution is -2.23. The van der Waals surface area contributed by atoms with E-state index in [4.69, 9.17) is 5.11 Å². The molecule has 0 unspecified atom stereocenters. The second-order valence-corrected chi connectivity index (χ2v) is 5.10. The molecular weight excluding hydrogens is 269 g/mol. The minimum absolute atomic E-state index is 0.0439. The molecule has 0 radical (unpaired) electrons. The van der Waals surface area contributed by atoms with E-state index in [0.29, 0.717) is 0 Å². The van der Waals surface area contributed by atoms with E-state index in [9.17, 15) is 21.6 Å². The highest BCUT2D eigenvalue weighted by Crippen LogP contribution is 2.31. The summed E-state index contributed by atoms with van der Waals surface area (Å²) < 4.78 is 60.2. The van der Waals surface area contributed by atoms with Crippen LogP contribution >= 0.6 is 12.0 Å². The van der Waals surface area contributed by atoms with Crippen LogP contribution in [-0.4, -0.2) is 19.0 Å². The van der Waals surface area contributed by atoms with Crippen molar-refractivity contribution in [3.05, 3.63) is 24.3 Å². The van der Waals surface area contributed by atoms with Gasteiger partial charge in [-0.15, -0.1) is 0 Å². The fourth-order valence-electron chi connectivity index (χ4n) is 0.624. The Labute approximate surface area is 93.4 Å². The van der Waals surface area contributed by atoms with Gasteiger partial charge in [0.2, 0.25) is 0 Å². The molecule has 90 valence electrons. The van der Waals surface area contributed by atoms with Crippen LogP contribution in [0.15, 0.2) is 29.2 Å². The molecule has 0 bridgehead atoms. The van der Waals surface area contributed by atoms with Gasteiger partial charge in [-0.3, -0.25) is 0 Å². The van der Waals surface area contributed by atoms with E-state index >= 15 is 0 Å². The van der Waals surface area contributed by atoms with E-state index < -0.39 is 15.6 Å². The van der Waals surface area contributed by atoms with E-state index in [0.717, 1.165) is 0 Å². The molecule has 0 spiro atoms. The summed E-state index contributed by atoms with van der Waals surface area (Å²) in [5.41, 5.74) is -5.45. The third kappa shape index (κ3) is 3.29. The molecule has 0 aromatic heterocycles. The van der Waals surface area contributed by atoms with Crippen LogP contribution in [0.2, 0.25) is 0 Å². The van der Waals surface area contributed by atoms with Gasteiger partial charge in [-0.25, -0.2) is 0 Å². The number of aromatic hydroxyl groups is 1. The molecule has 0 saturated carbocycles. The normalized spacial score (nSPS) is 12.7. The summed E-state index contributed by atoms with van der Waals surface area (Å²) in [6, 6.07) is 4.80. The van der Waals surface area contributed by atoms with Gasteiger partial charge in [0.05, 0.1) is 0 Å². The Morgan fingerprint density at radius 3 is 2.12 bits per heavy atom. The number of halogens is 3. The highest BCUT2D eigenvalue weighted by atomic mass is 32.3. The molecule has 4 nitrogen and oxygen atoms in total. The molecule has 1 aromatic carbocycles. The minimum Gasteiger partial charge on any atom is -0.508 e. The van der Waals surface area contributed by atoms with Gasteiger partial charge < -0.3 is 5.11 Å². The molecular formula is C7H5F3O4S2. The molecule has 0 fully saturated rings. The van der Waals surface area contributed by atoms with Crippen LogP contribution in [0.4, 0.5) is 13.2 Å². The third-order valence-corrected chi connectivity index (χ3v) is 3.36.